The quantitative estimate of drug-likeness (QED) is 0.767. The highest BCUT2D eigenvalue weighted by Gasteiger charge is 2.06. The molecular formula is C12H17FN2OS. The largest absolute Gasteiger partial charge is 0.389 e. The molecule has 0 aromatic heterocycles. The van der Waals surface area contributed by atoms with Gasteiger partial charge in [0, 0.05) is 24.4 Å². The number of rotatable bonds is 6. The molecule has 0 aliphatic heterocycles. The van der Waals surface area contributed by atoms with Crippen molar-refractivity contribution in [1.82, 2.24) is 0 Å². The number of benzene rings is 1. The van der Waals surface area contributed by atoms with Gasteiger partial charge in [0.15, 0.2) is 0 Å². The van der Waals surface area contributed by atoms with Crippen LogP contribution in [0.1, 0.15) is 19.4 Å². The first kappa shape index (κ1) is 13.9. The van der Waals surface area contributed by atoms with Crippen LogP contribution in [0.3, 0.4) is 0 Å². The Bertz CT molecular complexity index is 398. The van der Waals surface area contributed by atoms with Gasteiger partial charge in [0.25, 0.3) is 0 Å². The van der Waals surface area contributed by atoms with Crippen molar-refractivity contribution in [2.24, 2.45) is 5.73 Å². The summed E-state index contributed by atoms with van der Waals surface area (Å²) in [4.78, 5) is 0.0664. The zero-order valence-corrected chi connectivity index (χ0v) is 10.8. The van der Waals surface area contributed by atoms with E-state index in [1.165, 1.54) is 6.07 Å². The van der Waals surface area contributed by atoms with E-state index in [0.29, 0.717) is 18.8 Å². The molecule has 1 rings (SSSR count). The number of anilines is 1. The van der Waals surface area contributed by atoms with Crippen LogP contribution in [0.5, 0.6) is 0 Å². The lowest BCUT2D eigenvalue weighted by molar-refractivity contribution is 0.0855. The molecule has 1 atom stereocenters. The molecule has 0 radical (unpaired) electrons. The van der Waals surface area contributed by atoms with Crippen molar-refractivity contribution < 1.29 is 9.13 Å². The van der Waals surface area contributed by atoms with Gasteiger partial charge < -0.3 is 15.8 Å². The van der Waals surface area contributed by atoms with Crippen molar-refractivity contribution in [3.63, 3.8) is 0 Å². The first-order valence-corrected chi connectivity index (χ1v) is 5.90. The molecule has 1 unspecified atom stereocenters. The maximum Gasteiger partial charge on any atom is 0.135 e. The van der Waals surface area contributed by atoms with E-state index < -0.39 is 5.82 Å². The van der Waals surface area contributed by atoms with Gasteiger partial charge in [-0.2, -0.15) is 0 Å². The van der Waals surface area contributed by atoms with Crippen LogP contribution in [0.25, 0.3) is 0 Å². The molecule has 17 heavy (non-hydrogen) atoms. The van der Waals surface area contributed by atoms with E-state index in [9.17, 15) is 4.39 Å². The summed E-state index contributed by atoms with van der Waals surface area (Å²) in [6, 6.07) is 4.70. The summed E-state index contributed by atoms with van der Waals surface area (Å²) in [6.07, 6.45) is 0.0818. The number of nitrogens with two attached hydrogens (primary N) is 1. The van der Waals surface area contributed by atoms with Crippen molar-refractivity contribution in [2.75, 3.05) is 18.5 Å². The molecule has 5 heteroatoms. The lowest BCUT2D eigenvalue weighted by atomic mass is 10.2. The summed E-state index contributed by atoms with van der Waals surface area (Å²) in [5, 5.41) is 3.09. The minimum absolute atomic E-state index is 0.0664. The average molecular weight is 256 g/mol. The molecule has 0 bridgehead atoms. The number of hydrogen-bond donors (Lipinski definition) is 2. The van der Waals surface area contributed by atoms with Gasteiger partial charge in [0.1, 0.15) is 10.8 Å². The van der Waals surface area contributed by atoms with Gasteiger partial charge in [-0.1, -0.05) is 12.2 Å². The standard InChI is InChI=1S/C12H17FN2OS/c1-3-16-8(2)7-15-9-4-5-10(12(14)17)11(13)6-9/h4-6,8,15H,3,7H2,1-2H3,(H2,14,17). The maximum atomic E-state index is 13.5. The summed E-state index contributed by atoms with van der Waals surface area (Å²) < 4.78 is 18.9. The van der Waals surface area contributed by atoms with Gasteiger partial charge in [-0.05, 0) is 32.0 Å². The molecule has 0 saturated heterocycles. The Morgan fingerprint density at radius 2 is 2.29 bits per heavy atom. The molecule has 0 saturated carbocycles. The maximum absolute atomic E-state index is 13.5. The molecule has 0 amide bonds. The second-order valence-corrected chi connectivity index (χ2v) is 4.15. The van der Waals surface area contributed by atoms with E-state index >= 15 is 0 Å². The van der Waals surface area contributed by atoms with Crippen LogP contribution in [-0.4, -0.2) is 24.2 Å². The summed E-state index contributed by atoms with van der Waals surface area (Å²) in [5.41, 5.74) is 6.33. The van der Waals surface area contributed by atoms with Crippen molar-refractivity contribution in [2.45, 2.75) is 20.0 Å². The van der Waals surface area contributed by atoms with Gasteiger partial charge in [-0.25, -0.2) is 4.39 Å². The molecule has 0 heterocycles. The number of ether oxygens (including phenoxy) is 1. The Kier molecular flexibility index (Phi) is 5.31. The van der Waals surface area contributed by atoms with Crippen LogP contribution in [0.15, 0.2) is 18.2 Å². The number of hydrogen-bond acceptors (Lipinski definition) is 3. The Balaban J connectivity index is 2.62. The minimum Gasteiger partial charge on any atom is -0.389 e. The third-order valence-electron chi connectivity index (χ3n) is 2.28. The molecule has 3 nitrogen and oxygen atoms in total. The summed E-state index contributed by atoms with van der Waals surface area (Å²) in [5.74, 6) is -0.411. The molecule has 0 spiro atoms. The summed E-state index contributed by atoms with van der Waals surface area (Å²) >= 11 is 4.73. The fraction of sp³-hybridized carbons (Fsp3) is 0.417. The first-order valence-electron chi connectivity index (χ1n) is 5.49. The highest BCUT2D eigenvalue weighted by molar-refractivity contribution is 7.80. The van der Waals surface area contributed by atoms with Crippen LogP contribution in [0.4, 0.5) is 10.1 Å². The van der Waals surface area contributed by atoms with Crippen LogP contribution in [-0.2, 0) is 4.74 Å². The van der Waals surface area contributed by atoms with E-state index in [4.69, 9.17) is 22.7 Å². The predicted molar refractivity (Wildman–Crippen MR) is 71.9 cm³/mol. The Morgan fingerprint density at radius 3 is 2.82 bits per heavy atom. The second kappa shape index (κ2) is 6.51. The summed E-state index contributed by atoms with van der Waals surface area (Å²) in [7, 11) is 0. The van der Waals surface area contributed by atoms with E-state index in [0.717, 1.165) is 0 Å². The topological polar surface area (TPSA) is 47.3 Å². The van der Waals surface area contributed by atoms with Gasteiger partial charge in [-0.3, -0.25) is 0 Å². The van der Waals surface area contributed by atoms with Crippen molar-refractivity contribution in [3.05, 3.63) is 29.6 Å². The Labute approximate surface area is 106 Å². The highest BCUT2D eigenvalue weighted by Crippen LogP contribution is 2.14. The monoisotopic (exact) mass is 256 g/mol. The lowest BCUT2D eigenvalue weighted by Crippen LogP contribution is -2.20. The normalized spacial score (nSPS) is 12.2. The van der Waals surface area contributed by atoms with Crippen LogP contribution < -0.4 is 11.1 Å². The SMILES string of the molecule is CCOC(C)CNc1ccc(C(N)=S)c(F)c1. The Hall–Kier alpha value is -1.20. The molecule has 0 aliphatic rings. The van der Waals surface area contributed by atoms with E-state index in [1.807, 2.05) is 13.8 Å². The van der Waals surface area contributed by atoms with Gasteiger partial charge in [0.2, 0.25) is 0 Å². The fourth-order valence-electron chi connectivity index (χ4n) is 1.43. The van der Waals surface area contributed by atoms with Crippen LogP contribution in [0.2, 0.25) is 0 Å². The van der Waals surface area contributed by atoms with E-state index in [-0.39, 0.29) is 16.7 Å². The zero-order valence-electron chi connectivity index (χ0n) is 10.00. The molecule has 94 valence electrons. The molecule has 1 aromatic rings. The van der Waals surface area contributed by atoms with Crippen LogP contribution in [0, 0.1) is 5.82 Å². The Morgan fingerprint density at radius 1 is 1.59 bits per heavy atom. The van der Waals surface area contributed by atoms with E-state index in [1.54, 1.807) is 12.1 Å². The third kappa shape index (κ3) is 4.28. The van der Waals surface area contributed by atoms with Gasteiger partial charge in [-0.15, -0.1) is 0 Å². The fourth-order valence-corrected chi connectivity index (χ4v) is 1.60. The van der Waals surface area contributed by atoms with Gasteiger partial charge >= 0.3 is 0 Å². The van der Waals surface area contributed by atoms with Gasteiger partial charge in [0.05, 0.1) is 6.10 Å². The molecular weight excluding hydrogens is 239 g/mol. The highest BCUT2D eigenvalue weighted by atomic mass is 32.1. The number of nitrogens with one attached hydrogen (secondary N) is 1. The molecule has 1 aromatic carbocycles. The first-order chi connectivity index (χ1) is 8.04. The smallest absolute Gasteiger partial charge is 0.135 e. The number of thiocarbonyl (C=S) groups is 1. The third-order valence-corrected chi connectivity index (χ3v) is 2.50. The van der Waals surface area contributed by atoms with Crippen molar-refractivity contribution in [1.29, 1.82) is 0 Å². The average Bonchev–Trinajstić information content (AvgIpc) is 2.26. The van der Waals surface area contributed by atoms with Crippen molar-refractivity contribution >= 4 is 22.9 Å². The second-order valence-electron chi connectivity index (χ2n) is 3.71. The van der Waals surface area contributed by atoms with Crippen molar-refractivity contribution in [3.8, 4) is 0 Å². The molecule has 0 aliphatic carbocycles. The minimum atomic E-state index is -0.411. The zero-order chi connectivity index (χ0) is 12.8. The van der Waals surface area contributed by atoms with E-state index in [2.05, 4.69) is 5.32 Å². The lowest BCUT2D eigenvalue weighted by Gasteiger charge is -2.14. The predicted octanol–water partition coefficient (Wildman–Crippen LogP) is 2.30. The molecule has 0 fully saturated rings. The van der Waals surface area contributed by atoms with Crippen LogP contribution >= 0.6 is 12.2 Å². The summed E-state index contributed by atoms with van der Waals surface area (Å²) in [6.45, 7) is 5.18. The molecule has 3 N–H and O–H groups in total. The number of halogens is 1.